The van der Waals surface area contributed by atoms with Crippen LogP contribution >= 0.6 is 11.6 Å². The molecule has 7 heteroatoms. The predicted octanol–water partition coefficient (Wildman–Crippen LogP) is 4.61. The zero-order chi connectivity index (χ0) is 17.2. The van der Waals surface area contributed by atoms with Crippen molar-refractivity contribution in [3.05, 3.63) is 52.9 Å². The zero-order valence-electron chi connectivity index (χ0n) is 13.2. The number of aromatic nitrogens is 1. The average Bonchev–Trinajstić information content (AvgIpc) is 3.15. The third-order valence-corrected chi connectivity index (χ3v) is 4.04. The second-order valence-corrected chi connectivity index (χ2v) is 6.12. The molecule has 0 amide bonds. The largest absolute Gasteiger partial charge is 0.484 e. The standard InChI is InChI=1S/C18H14ClN3O3/c19-13-3-1-2-4-15(13)23-10-12-7-8-16(24-12)18-22-14(9-20)17(25-18)21-11-5-6-11/h1-4,7-8,11,21H,5-6,10H2. The first kappa shape index (κ1) is 15.6. The third kappa shape index (κ3) is 3.47. The van der Waals surface area contributed by atoms with Gasteiger partial charge < -0.3 is 18.9 Å². The van der Waals surface area contributed by atoms with E-state index in [0.29, 0.717) is 34.2 Å². The summed E-state index contributed by atoms with van der Waals surface area (Å²) in [4.78, 5) is 4.18. The van der Waals surface area contributed by atoms with Gasteiger partial charge >= 0.3 is 0 Å². The van der Waals surface area contributed by atoms with Crippen molar-refractivity contribution in [2.75, 3.05) is 5.32 Å². The molecule has 0 bridgehead atoms. The van der Waals surface area contributed by atoms with Gasteiger partial charge in [0.15, 0.2) is 5.76 Å². The number of nitrogens with zero attached hydrogens (tertiary/aromatic N) is 2. The lowest BCUT2D eigenvalue weighted by molar-refractivity contribution is 0.271. The van der Waals surface area contributed by atoms with Crippen LogP contribution in [0.15, 0.2) is 45.2 Å². The Bertz CT molecular complexity index is 937. The molecule has 0 unspecified atom stereocenters. The molecule has 1 saturated carbocycles. The Kier molecular flexibility index (Phi) is 4.08. The molecule has 1 aromatic carbocycles. The Morgan fingerprint density at radius 2 is 2.08 bits per heavy atom. The van der Waals surface area contributed by atoms with Gasteiger partial charge in [0.1, 0.15) is 24.2 Å². The monoisotopic (exact) mass is 355 g/mol. The van der Waals surface area contributed by atoms with Crippen LogP contribution in [-0.2, 0) is 6.61 Å². The van der Waals surface area contributed by atoms with Crippen molar-refractivity contribution < 1.29 is 13.6 Å². The maximum Gasteiger partial charge on any atom is 0.266 e. The Morgan fingerprint density at radius 1 is 1.24 bits per heavy atom. The minimum absolute atomic E-state index is 0.225. The molecule has 0 radical (unpaired) electrons. The molecule has 1 fully saturated rings. The summed E-state index contributed by atoms with van der Waals surface area (Å²) in [6, 6.07) is 13.1. The van der Waals surface area contributed by atoms with Crippen molar-refractivity contribution in [2.24, 2.45) is 0 Å². The summed E-state index contributed by atoms with van der Waals surface area (Å²) in [7, 11) is 0. The van der Waals surface area contributed by atoms with Crippen LogP contribution in [0.1, 0.15) is 24.3 Å². The van der Waals surface area contributed by atoms with Gasteiger partial charge in [0.2, 0.25) is 11.6 Å². The first-order valence-electron chi connectivity index (χ1n) is 7.87. The molecular formula is C18H14ClN3O3. The van der Waals surface area contributed by atoms with Crippen molar-refractivity contribution >= 4 is 17.5 Å². The van der Waals surface area contributed by atoms with Crippen molar-refractivity contribution in [3.63, 3.8) is 0 Å². The van der Waals surface area contributed by atoms with Gasteiger partial charge in [-0.3, -0.25) is 0 Å². The topological polar surface area (TPSA) is 84.2 Å². The molecule has 1 aliphatic carbocycles. The Hall–Kier alpha value is -2.91. The van der Waals surface area contributed by atoms with Crippen LogP contribution < -0.4 is 10.1 Å². The van der Waals surface area contributed by atoms with E-state index >= 15 is 0 Å². The van der Waals surface area contributed by atoms with E-state index in [1.165, 1.54) is 0 Å². The van der Waals surface area contributed by atoms with E-state index in [2.05, 4.69) is 10.3 Å². The average molecular weight is 356 g/mol. The normalized spacial score (nSPS) is 13.4. The summed E-state index contributed by atoms with van der Waals surface area (Å²) >= 11 is 6.06. The second-order valence-electron chi connectivity index (χ2n) is 5.71. The molecule has 0 aliphatic heterocycles. The molecule has 1 aliphatic rings. The number of para-hydroxylation sites is 1. The van der Waals surface area contributed by atoms with E-state index in [0.717, 1.165) is 12.8 Å². The Morgan fingerprint density at radius 3 is 2.84 bits per heavy atom. The van der Waals surface area contributed by atoms with E-state index < -0.39 is 0 Å². The van der Waals surface area contributed by atoms with Crippen molar-refractivity contribution in [3.8, 4) is 23.5 Å². The number of halogens is 1. The maximum absolute atomic E-state index is 9.18. The van der Waals surface area contributed by atoms with Gasteiger partial charge in [-0.2, -0.15) is 10.2 Å². The van der Waals surface area contributed by atoms with E-state index in [9.17, 15) is 5.26 Å². The summed E-state index contributed by atoms with van der Waals surface area (Å²) in [6.07, 6.45) is 2.15. The number of hydrogen-bond donors (Lipinski definition) is 1. The van der Waals surface area contributed by atoms with Crippen LogP contribution in [0.3, 0.4) is 0 Å². The fourth-order valence-corrected chi connectivity index (χ4v) is 2.48. The first-order valence-corrected chi connectivity index (χ1v) is 8.24. The van der Waals surface area contributed by atoms with Gasteiger partial charge in [-0.1, -0.05) is 23.7 Å². The zero-order valence-corrected chi connectivity index (χ0v) is 13.9. The minimum Gasteiger partial charge on any atom is -0.484 e. The molecule has 3 aromatic rings. The molecule has 0 atom stereocenters. The van der Waals surface area contributed by atoms with Crippen LogP contribution in [0, 0.1) is 11.3 Å². The number of oxazole rings is 1. The van der Waals surface area contributed by atoms with Gasteiger partial charge in [-0.05, 0) is 37.1 Å². The lowest BCUT2D eigenvalue weighted by Gasteiger charge is -2.05. The number of furan rings is 1. The van der Waals surface area contributed by atoms with Gasteiger partial charge in [0.05, 0.1) is 5.02 Å². The summed E-state index contributed by atoms with van der Waals surface area (Å²) in [5, 5.41) is 12.9. The molecule has 25 heavy (non-hydrogen) atoms. The van der Waals surface area contributed by atoms with Crippen LogP contribution in [0.25, 0.3) is 11.7 Å². The SMILES string of the molecule is N#Cc1nc(-c2ccc(COc3ccccc3Cl)o2)oc1NC1CC1. The summed E-state index contributed by atoms with van der Waals surface area (Å²) in [5.41, 5.74) is 0.229. The van der Waals surface area contributed by atoms with E-state index in [1.54, 1.807) is 24.3 Å². The quantitative estimate of drug-likeness (QED) is 0.694. The number of rotatable bonds is 6. The Balaban J connectivity index is 1.48. The fourth-order valence-electron chi connectivity index (χ4n) is 2.29. The highest BCUT2D eigenvalue weighted by molar-refractivity contribution is 6.32. The van der Waals surface area contributed by atoms with E-state index in [1.807, 2.05) is 18.2 Å². The molecular weight excluding hydrogens is 342 g/mol. The van der Waals surface area contributed by atoms with E-state index in [4.69, 9.17) is 25.2 Å². The fraction of sp³-hybridized carbons (Fsp3) is 0.222. The summed E-state index contributed by atoms with van der Waals surface area (Å²) in [5.74, 6) is 2.29. The minimum atomic E-state index is 0.225. The molecule has 4 rings (SSSR count). The molecule has 0 saturated heterocycles. The van der Waals surface area contributed by atoms with Gasteiger partial charge in [-0.25, -0.2) is 0 Å². The van der Waals surface area contributed by atoms with Crippen LogP contribution in [0.5, 0.6) is 5.75 Å². The maximum atomic E-state index is 9.18. The van der Waals surface area contributed by atoms with Crippen molar-refractivity contribution in [1.82, 2.24) is 4.98 Å². The number of benzene rings is 1. The van der Waals surface area contributed by atoms with Gasteiger partial charge in [0, 0.05) is 6.04 Å². The van der Waals surface area contributed by atoms with Crippen LogP contribution in [0.2, 0.25) is 5.02 Å². The lowest BCUT2D eigenvalue weighted by Crippen LogP contribution is -2.00. The number of ether oxygens (including phenoxy) is 1. The summed E-state index contributed by atoms with van der Waals surface area (Å²) in [6.45, 7) is 0.225. The van der Waals surface area contributed by atoms with Gasteiger partial charge in [0.25, 0.3) is 5.89 Å². The number of hydrogen-bond acceptors (Lipinski definition) is 6. The van der Waals surface area contributed by atoms with Crippen LogP contribution in [-0.4, -0.2) is 11.0 Å². The highest BCUT2D eigenvalue weighted by Crippen LogP contribution is 2.31. The smallest absolute Gasteiger partial charge is 0.266 e. The summed E-state index contributed by atoms with van der Waals surface area (Å²) < 4.78 is 17.0. The first-order chi connectivity index (χ1) is 12.2. The second kappa shape index (κ2) is 6.54. The number of nitriles is 1. The predicted molar refractivity (Wildman–Crippen MR) is 91.3 cm³/mol. The number of anilines is 1. The molecule has 2 aromatic heterocycles. The highest BCUT2D eigenvalue weighted by Gasteiger charge is 2.25. The highest BCUT2D eigenvalue weighted by atomic mass is 35.5. The molecule has 0 spiro atoms. The molecule has 1 N–H and O–H groups in total. The lowest BCUT2D eigenvalue weighted by atomic mass is 10.3. The van der Waals surface area contributed by atoms with Crippen molar-refractivity contribution in [2.45, 2.75) is 25.5 Å². The van der Waals surface area contributed by atoms with Gasteiger partial charge in [-0.15, -0.1) is 0 Å². The van der Waals surface area contributed by atoms with E-state index in [-0.39, 0.29) is 18.2 Å². The van der Waals surface area contributed by atoms with Crippen molar-refractivity contribution in [1.29, 1.82) is 5.26 Å². The van der Waals surface area contributed by atoms with Crippen LogP contribution in [0.4, 0.5) is 5.88 Å². The molecule has 2 heterocycles. The number of nitrogens with one attached hydrogen (secondary N) is 1. The molecule has 6 nitrogen and oxygen atoms in total. The Labute approximate surface area is 149 Å². The third-order valence-electron chi connectivity index (χ3n) is 3.72. The molecule has 126 valence electrons.